The molecule has 0 atom stereocenters. The van der Waals surface area contributed by atoms with Crippen LogP contribution in [-0.4, -0.2) is 7.11 Å². The SMILES string of the molecule is COc1cc(F)c(CON)cc1Cl. The fourth-order valence-electron chi connectivity index (χ4n) is 0.927. The van der Waals surface area contributed by atoms with Crippen LogP contribution in [0.1, 0.15) is 5.56 Å². The van der Waals surface area contributed by atoms with Crippen molar-refractivity contribution in [3.05, 3.63) is 28.5 Å². The molecule has 13 heavy (non-hydrogen) atoms. The van der Waals surface area contributed by atoms with E-state index < -0.39 is 5.82 Å². The fourth-order valence-corrected chi connectivity index (χ4v) is 1.19. The molecule has 0 heterocycles. The van der Waals surface area contributed by atoms with Gasteiger partial charge in [-0.3, -0.25) is 4.84 Å². The molecule has 1 rings (SSSR count). The maximum Gasteiger partial charge on any atom is 0.140 e. The molecule has 0 aliphatic rings. The summed E-state index contributed by atoms with van der Waals surface area (Å²) in [6.45, 7) is -0.0183. The first kappa shape index (κ1) is 10.2. The van der Waals surface area contributed by atoms with Crippen molar-refractivity contribution in [2.45, 2.75) is 6.61 Å². The second-order valence-electron chi connectivity index (χ2n) is 2.39. The van der Waals surface area contributed by atoms with Gasteiger partial charge in [-0.2, -0.15) is 0 Å². The maximum absolute atomic E-state index is 13.1. The molecule has 0 spiro atoms. The number of hydrogen-bond acceptors (Lipinski definition) is 3. The molecular formula is C8H9ClFNO2. The van der Waals surface area contributed by atoms with E-state index in [1.165, 1.54) is 19.2 Å². The third kappa shape index (κ3) is 2.30. The van der Waals surface area contributed by atoms with Crippen LogP contribution in [0.5, 0.6) is 5.75 Å². The Balaban J connectivity index is 3.05. The lowest BCUT2D eigenvalue weighted by Crippen LogP contribution is -2.01. The second kappa shape index (κ2) is 4.41. The number of halogens is 2. The zero-order chi connectivity index (χ0) is 9.84. The molecule has 72 valence electrons. The highest BCUT2D eigenvalue weighted by atomic mass is 35.5. The third-order valence-electron chi connectivity index (χ3n) is 1.56. The summed E-state index contributed by atoms with van der Waals surface area (Å²) in [5, 5.41) is 0.330. The normalized spacial score (nSPS) is 10.2. The Kier molecular flexibility index (Phi) is 3.48. The Hall–Kier alpha value is -0.840. The third-order valence-corrected chi connectivity index (χ3v) is 1.86. The van der Waals surface area contributed by atoms with Crippen molar-refractivity contribution in [1.82, 2.24) is 0 Å². The molecule has 0 bridgehead atoms. The highest BCUT2D eigenvalue weighted by Crippen LogP contribution is 2.27. The topological polar surface area (TPSA) is 44.5 Å². The summed E-state index contributed by atoms with van der Waals surface area (Å²) in [6, 6.07) is 2.61. The number of benzene rings is 1. The monoisotopic (exact) mass is 205 g/mol. The van der Waals surface area contributed by atoms with Crippen molar-refractivity contribution in [3.63, 3.8) is 0 Å². The van der Waals surface area contributed by atoms with Crippen LogP contribution in [0.4, 0.5) is 4.39 Å². The van der Waals surface area contributed by atoms with E-state index in [-0.39, 0.29) is 6.61 Å². The van der Waals surface area contributed by atoms with Crippen LogP contribution in [0.3, 0.4) is 0 Å². The lowest BCUT2D eigenvalue weighted by Gasteiger charge is -2.06. The minimum atomic E-state index is -0.452. The summed E-state index contributed by atoms with van der Waals surface area (Å²) in [4.78, 5) is 4.30. The molecular weight excluding hydrogens is 197 g/mol. The van der Waals surface area contributed by atoms with Gasteiger partial charge in [-0.15, -0.1) is 0 Å². The highest BCUT2D eigenvalue weighted by molar-refractivity contribution is 6.32. The molecule has 2 N–H and O–H groups in total. The van der Waals surface area contributed by atoms with Gasteiger partial charge in [0.15, 0.2) is 0 Å². The van der Waals surface area contributed by atoms with Crippen LogP contribution in [0, 0.1) is 5.82 Å². The van der Waals surface area contributed by atoms with E-state index in [1.54, 1.807) is 0 Å². The molecule has 0 radical (unpaired) electrons. The van der Waals surface area contributed by atoms with Gasteiger partial charge in [-0.05, 0) is 6.07 Å². The lowest BCUT2D eigenvalue weighted by atomic mass is 10.2. The van der Waals surface area contributed by atoms with E-state index in [0.717, 1.165) is 0 Å². The number of ether oxygens (including phenoxy) is 1. The van der Waals surface area contributed by atoms with Crippen molar-refractivity contribution >= 4 is 11.6 Å². The fraction of sp³-hybridized carbons (Fsp3) is 0.250. The first-order chi connectivity index (χ1) is 6.19. The summed E-state index contributed by atoms with van der Waals surface area (Å²) in [6.07, 6.45) is 0. The first-order valence-electron chi connectivity index (χ1n) is 3.52. The van der Waals surface area contributed by atoms with Gasteiger partial charge < -0.3 is 4.74 Å². The molecule has 3 nitrogen and oxygen atoms in total. The van der Waals surface area contributed by atoms with E-state index in [4.69, 9.17) is 22.2 Å². The minimum absolute atomic E-state index is 0.0183. The van der Waals surface area contributed by atoms with E-state index in [0.29, 0.717) is 16.3 Å². The van der Waals surface area contributed by atoms with Crippen molar-refractivity contribution in [1.29, 1.82) is 0 Å². The van der Waals surface area contributed by atoms with Gasteiger partial charge in [-0.25, -0.2) is 10.3 Å². The van der Waals surface area contributed by atoms with Crippen LogP contribution < -0.4 is 10.6 Å². The van der Waals surface area contributed by atoms with Crippen molar-refractivity contribution in [3.8, 4) is 5.75 Å². The molecule has 1 aromatic rings. The standard InChI is InChI=1S/C8H9ClFNO2/c1-12-8-3-7(10)5(4-13-11)2-6(8)9/h2-3H,4,11H2,1H3. The molecule has 0 amide bonds. The Bertz CT molecular complexity index is 306. The van der Waals surface area contributed by atoms with Gasteiger partial charge in [0.25, 0.3) is 0 Å². The quantitative estimate of drug-likeness (QED) is 0.767. The Labute approximate surface area is 80.2 Å². The summed E-state index contributed by atoms with van der Waals surface area (Å²) < 4.78 is 17.9. The summed E-state index contributed by atoms with van der Waals surface area (Å²) in [7, 11) is 1.42. The van der Waals surface area contributed by atoms with Crippen LogP contribution in [0.25, 0.3) is 0 Å². The van der Waals surface area contributed by atoms with Gasteiger partial charge in [0.05, 0.1) is 18.7 Å². The molecule has 0 saturated carbocycles. The molecule has 0 unspecified atom stereocenters. The smallest absolute Gasteiger partial charge is 0.140 e. The Morgan fingerprint density at radius 3 is 2.77 bits per heavy atom. The highest BCUT2D eigenvalue weighted by Gasteiger charge is 2.08. The number of methoxy groups -OCH3 is 1. The summed E-state index contributed by atoms with van der Waals surface area (Å²) in [5.41, 5.74) is 0.299. The van der Waals surface area contributed by atoms with Gasteiger partial charge in [0, 0.05) is 11.6 Å². The number of rotatable bonds is 3. The molecule has 0 saturated heterocycles. The molecule has 0 fully saturated rings. The van der Waals surface area contributed by atoms with E-state index in [9.17, 15) is 4.39 Å². The zero-order valence-electron chi connectivity index (χ0n) is 7.01. The van der Waals surface area contributed by atoms with Crippen LogP contribution in [-0.2, 0) is 11.4 Å². The predicted molar refractivity (Wildman–Crippen MR) is 46.9 cm³/mol. The van der Waals surface area contributed by atoms with Crippen molar-refractivity contribution in [2.75, 3.05) is 7.11 Å². The first-order valence-corrected chi connectivity index (χ1v) is 3.90. The number of hydrogen-bond donors (Lipinski definition) is 1. The molecule has 5 heteroatoms. The van der Waals surface area contributed by atoms with Crippen LogP contribution >= 0.6 is 11.6 Å². The molecule has 1 aromatic carbocycles. The average Bonchev–Trinajstić information content (AvgIpc) is 2.11. The predicted octanol–water partition coefficient (Wildman–Crippen LogP) is 1.88. The molecule has 0 aromatic heterocycles. The van der Waals surface area contributed by atoms with Crippen molar-refractivity contribution < 1.29 is 14.0 Å². The lowest BCUT2D eigenvalue weighted by molar-refractivity contribution is 0.121. The van der Waals surface area contributed by atoms with Gasteiger partial charge in [-0.1, -0.05) is 11.6 Å². The van der Waals surface area contributed by atoms with E-state index in [1.807, 2.05) is 0 Å². The van der Waals surface area contributed by atoms with Crippen LogP contribution in [0.2, 0.25) is 5.02 Å². The zero-order valence-corrected chi connectivity index (χ0v) is 7.77. The van der Waals surface area contributed by atoms with Gasteiger partial charge in [0.1, 0.15) is 11.6 Å². The van der Waals surface area contributed by atoms with E-state index >= 15 is 0 Å². The summed E-state index contributed by atoms with van der Waals surface area (Å²) >= 11 is 5.75. The van der Waals surface area contributed by atoms with E-state index in [2.05, 4.69) is 4.84 Å². The maximum atomic E-state index is 13.1. The van der Waals surface area contributed by atoms with Crippen molar-refractivity contribution in [2.24, 2.45) is 5.90 Å². The Morgan fingerprint density at radius 2 is 2.23 bits per heavy atom. The summed E-state index contributed by atoms with van der Waals surface area (Å²) in [5.74, 6) is 4.65. The average molecular weight is 206 g/mol. The minimum Gasteiger partial charge on any atom is -0.495 e. The second-order valence-corrected chi connectivity index (χ2v) is 2.80. The van der Waals surface area contributed by atoms with Gasteiger partial charge in [0.2, 0.25) is 0 Å². The van der Waals surface area contributed by atoms with Gasteiger partial charge >= 0.3 is 0 Å². The largest absolute Gasteiger partial charge is 0.495 e. The van der Waals surface area contributed by atoms with Crippen LogP contribution in [0.15, 0.2) is 12.1 Å². The number of nitrogens with two attached hydrogens (primary N) is 1. The Morgan fingerprint density at radius 1 is 1.54 bits per heavy atom. The molecule has 0 aliphatic carbocycles. The molecule has 0 aliphatic heterocycles.